The van der Waals surface area contributed by atoms with Crippen molar-refractivity contribution in [1.29, 1.82) is 0 Å². The Morgan fingerprint density at radius 2 is 1.86 bits per heavy atom. The van der Waals surface area contributed by atoms with Gasteiger partial charge in [0.25, 0.3) is 0 Å². The highest BCUT2D eigenvalue weighted by Crippen LogP contribution is 2.16. The van der Waals surface area contributed by atoms with Gasteiger partial charge in [0, 0.05) is 13.1 Å². The third-order valence-electron chi connectivity index (χ3n) is 3.78. The van der Waals surface area contributed by atoms with Crippen LogP contribution < -0.4 is 10.6 Å². The molecule has 1 aliphatic heterocycles. The number of benzene rings is 2. The second kappa shape index (κ2) is 6.06. The van der Waals surface area contributed by atoms with E-state index in [1.807, 2.05) is 12.1 Å². The van der Waals surface area contributed by atoms with Crippen LogP contribution in [0.4, 0.5) is 4.39 Å². The van der Waals surface area contributed by atoms with E-state index >= 15 is 0 Å². The lowest BCUT2D eigenvalue weighted by atomic mass is 9.95. The van der Waals surface area contributed by atoms with Crippen molar-refractivity contribution in [1.82, 2.24) is 10.6 Å². The van der Waals surface area contributed by atoms with Gasteiger partial charge in [-0.25, -0.2) is 4.39 Å². The van der Waals surface area contributed by atoms with Gasteiger partial charge in [0.1, 0.15) is 5.82 Å². The number of hydrogen-bond acceptors (Lipinski definition) is 2. The third kappa shape index (κ3) is 3.28. The normalized spacial score (nSPS) is 17.1. The maximum Gasteiger partial charge on any atom is 0.237 e. The van der Waals surface area contributed by atoms with Crippen LogP contribution in [0.15, 0.2) is 48.5 Å². The lowest BCUT2D eigenvalue weighted by Gasteiger charge is -2.25. The Hall–Kier alpha value is -2.20. The molecule has 4 heteroatoms. The highest BCUT2D eigenvalue weighted by Gasteiger charge is 2.23. The van der Waals surface area contributed by atoms with Crippen LogP contribution in [0.1, 0.15) is 16.7 Å². The number of fused-ring (bicyclic) bond motifs is 1. The number of rotatable bonds is 3. The van der Waals surface area contributed by atoms with E-state index in [1.165, 1.54) is 23.3 Å². The van der Waals surface area contributed by atoms with E-state index in [0.29, 0.717) is 19.5 Å². The molecule has 21 heavy (non-hydrogen) atoms. The SMILES string of the molecule is O=C(NCc1ccc(F)cc1)C1Cc2ccccc2CN1. The molecule has 0 fully saturated rings. The number of nitrogens with one attached hydrogen (secondary N) is 2. The Balaban J connectivity index is 1.58. The molecular formula is C17H17FN2O. The predicted octanol–water partition coefficient (Wildman–Crippen LogP) is 2.16. The van der Waals surface area contributed by atoms with Crippen molar-refractivity contribution >= 4 is 5.91 Å². The molecule has 2 N–H and O–H groups in total. The van der Waals surface area contributed by atoms with E-state index in [9.17, 15) is 9.18 Å². The summed E-state index contributed by atoms with van der Waals surface area (Å²) in [4.78, 5) is 12.2. The average Bonchev–Trinajstić information content (AvgIpc) is 2.53. The van der Waals surface area contributed by atoms with E-state index in [4.69, 9.17) is 0 Å². The molecule has 108 valence electrons. The Morgan fingerprint density at radius 1 is 1.14 bits per heavy atom. The molecule has 0 saturated carbocycles. The maximum absolute atomic E-state index is 12.8. The highest BCUT2D eigenvalue weighted by atomic mass is 19.1. The smallest absolute Gasteiger partial charge is 0.237 e. The Morgan fingerprint density at radius 3 is 2.62 bits per heavy atom. The number of carbonyl (C=O) groups is 1. The van der Waals surface area contributed by atoms with Gasteiger partial charge in [-0.05, 0) is 35.2 Å². The van der Waals surface area contributed by atoms with Gasteiger partial charge in [0.2, 0.25) is 5.91 Å². The molecule has 2 aromatic carbocycles. The van der Waals surface area contributed by atoms with Gasteiger partial charge in [0.15, 0.2) is 0 Å². The summed E-state index contributed by atoms with van der Waals surface area (Å²) in [5.74, 6) is -0.288. The molecule has 1 unspecified atom stereocenters. The zero-order valence-electron chi connectivity index (χ0n) is 11.6. The van der Waals surface area contributed by atoms with Gasteiger partial charge in [-0.15, -0.1) is 0 Å². The molecule has 0 spiro atoms. The highest BCUT2D eigenvalue weighted by molar-refractivity contribution is 5.82. The van der Waals surface area contributed by atoms with Gasteiger partial charge < -0.3 is 10.6 Å². The summed E-state index contributed by atoms with van der Waals surface area (Å²) in [5.41, 5.74) is 3.36. The standard InChI is InChI=1S/C17H17FN2O/c18-15-7-5-12(6-8-15)10-20-17(21)16-9-13-3-1-2-4-14(13)11-19-16/h1-8,16,19H,9-11H2,(H,20,21). The van der Waals surface area contributed by atoms with Gasteiger partial charge >= 0.3 is 0 Å². The lowest BCUT2D eigenvalue weighted by molar-refractivity contribution is -0.123. The summed E-state index contributed by atoms with van der Waals surface area (Å²) in [6.07, 6.45) is 0.700. The fourth-order valence-corrected chi connectivity index (χ4v) is 2.55. The topological polar surface area (TPSA) is 41.1 Å². The minimum atomic E-state index is -0.268. The largest absolute Gasteiger partial charge is 0.351 e. The van der Waals surface area contributed by atoms with E-state index in [0.717, 1.165) is 5.56 Å². The first-order valence-corrected chi connectivity index (χ1v) is 7.05. The van der Waals surface area contributed by atoms with Crippen LogP contribution in [0, 0.1) is 5.82 Å². The number of amides is 1. The number of carbonyl (C=O) groups excluding carboxylic acids is 1. The Bertz CT molecular complexity index is 639. The maximum atomic E-state index is 12.8. The molecule has 0 bridgehead atoms. The molecule has 1 amide bonds. The second-order valence-corrected chi connectivity index (χ2v) is 5.25. The van der Waals surface area contributed by atoms with Crippen molar-refractivity contribution in [3.8, 4) is 0 Å². The first kappa shape index (κ1) is 13.8. The van der Waals surface area contributed by atoms with Gasteiger partial charge in [-0.1, -0.05) is 36.4 Å². The number of hydrogen-bond donors (Lipinski definition) is 2. The molecule has 3 nitrogen and oxygen atoms in total. The molecule has 1 atom stereocenters. The molecule has 1 aliphatic rings. The van der Waals surface area contributed by atoms with Crippen LogP contribution in [0.2, 0.25) is 0 Å². The minimum absolute atomic E-state index is 0.0196. The Labute approximate surface area is 123 Å². The third-order valence-corrected chi connectivity index (χ3v) is 3.78. The summed E-state index contributed by atoms with van der Waals surface area (Å²) in [5, 5.41) is 6.14. The van der Waals surface area contributed by atoms with Gasteiger partial charge in [-0.2, -0.15) is 0 Å². The van der Waals surface area contributed by atoms with Crippen molar-refractivity contribution in [2.24, 2.45) is 0 Å². The predicted molar refractivity (Wildman–Crippen MR) is 79.0 cm³/mol. The van der Waals surface area contributed by atoms with E-state index in [2.05, 4.69) is 22.8 Å². The summed E-state index contributed by atoms with van der Waals surface area (Å²) >= 11 is 0. The lowest BCUT2D eigenvalue weighted by Crippen LogP contribution is -2.47. The summed E-state index contributed by atoms with van der Waals surface area (Å²) < 4.78 is 12.8. The molecule has 0 aliphatic carbocycles. The molecule has 0 saturated heterocycles. The van der Waals surface area contributed by atoms with Crippen LogP contribution in [0.3, 0.4) is 0 Å². The first-order chi connectivity index (χ1) is 10.2. The van der Waals surface area contributed by atoms with Crippen LogP contribution in [0.5, 0.6) is 0 Å². The summed E-state index contributed by atoms with van der Waals surface area (Å²) in [6.45, 7) is 1.13. The molecule has 0 aromatic heterocycles. The van der Waals surface area contributed by atoms with E-state index in [-0.39, 0.29) is 17.8 Å². The summed E-state index contributed by atoms with van der Waals surface area (Å²) in [6, 6.07) is 14.1. The zero-order valence-corrected chi connectivity index (χ0v) is 11.6. The monoisotopic (exact) mass is 284 g/mol. The number of halogens is 1. The van der Waals surface area contributed by atoms with E-state index < -0.39 is 0 Å². The molecular weight excluding hydrogens is 267 g/mol. The minimum Gasteiger partial charge on any atom is -0.351 e. The summed E-state index contributed by atoms with van der Waals surface area (Å²) in [7, 11) is 0. The van der Waals surface area contributed by atoms with Crippen molar-refractivity contribution in [3.05, 3.63) is 71.0 Å². The average molecular weight is 284 g/mol. The fraction of sp³-hybridized carbons (Fsp3) is 0.235. The van der Waals surface area contributed by atoms with Crippen LogP contribution in [-0.4, -0.2) is 11.9 Å². The quantitative estimate of drug-likeness (QED) is 0.907. The second-order valence-electron chi connectivity index (χ2n) is 5.25. The van der Waals surface area contributed by atoms with Crippen LogP contribution >= 0.6 is 0 Å². The molecule has 3 rings (SSSR count). The zero-order chi connectivity index (χ0) is 14.7. The first-order valence-electron chi connectivity index (χ1n) is 7.05. The fourth-order valence-electron chi connectivity index (χ4n) is 2.55. The molecule has 2 aromatic rings. The Kier molecular flexibility index (Phi) is 3.97. The van der Waals surface area contributed by atoms with Crippen molar-refractivity contribution in [2.75, 3.05) is 0 Å². The molecule has 0 radical (unpaired) electrons. The van der Waals surface area contributed by atoms with Gasteiger partial charge in [0.05, 0.1) is 6.04 Å². The molecule has 1 heterocycles. The van der Waals surface area contributed by atoms with Crippen LogP contribution in [-0.2, 0) is 24.3 Å². The van der Waals surface area contributed by atoms with Crippen molar-refractivity contribution in [2.45, 2.75) is 25.6 Å². The van der Waals surface area contributed by atoms with Crippen molar-refractivity contribution < 1.29 is 9.18 Å². The van der Waals surface area contributed by atoms with E-state index in [1.54, 1.807) is 12.1 Å². The van der Waals surface area contributed by atoms with Gasteiger partial charge in [-0.3, -0.25) is 4.79 Å². The van der Waals surface area contributed by atoms with Crippen molar-refractivity contribution in [3.63, 3.8) is 0 Å². The van der Waals surface area contributed by atoms with Crippen LogP contribution in [0.25, 0.3) is 0 Å².